The smallest absolute Gasteiger partial charge is 0.308 e. The van der Waals surface area contributed by atoms with Crippen LogP contribution in [0.5, 0.6) is 11.5 Å². The molecule has 0 amide bonds. The number of fused-ring (bicyclic) bond motifs is 1. The molecule has 6 heteroatoms. The number of aromatic nitrogens is 1. The second-order valence-corrected chi connectivity index (χ2v) is 5.79. The summed E-state index contributed by atoms with van der Waals surface area (Å²) in [4.78, 5) is 15.3. The van der Waals surface area contributed by atoms with Crippen LogP contribution in [0.3, 0.4) is 0 Å². The second-order valence-electron chi connectivity index (χ2n) is 4.88. The molecular weight excluding hydrogens is 302 g/mol. The zero-order chi connectivity index (χ0) is 15.7. The topological polar surface area (TPSA) is 61.6 Å². The summed E-state index contributed by atoms with van der Waals surface area (Å²) in [6.45, 7) is 5.43. The van der Waals surface area contributed by atoms with Gasteiger partial charge in [-0.15, -0.1) is 11.3 Å². The molecule has 0 aliphatic carbocycles. The van der Waals surface area contributed by atoms with E-state index >= 15 is 0 Å². The van der Waals surface area contributed by atoms with Gasteiger partial charge in [-0.25, -0.2) is 4.98 Å². The molecule has 0 bridgehead atoms. The summed E-state index contributed by atoms with van der Waals surface area (Å²) in [6, 6.07) is 5.66. The molecule has 0 radical (unpaired) electrons. The predicted molar refractivity (Wildman–Crippen MR) is 83.4 cm³/mol. The van der Waals surface area contributed by atoms with Gasteiger partial charge >= 0.3 is 5.97 Å². The number of aryl methyl sites for hydroxylation is 2. The number of carbonyl (C=O) groups is 1. The maximum atomic E-state index is 11.1. The summed E-state index contributed by atoms with van der Waals surface area (Å²) in [5.41, 5.74) is 0.840. The molecule has 0 aliphatic heterocycles. The lowest BCUT2D eigenvalue weighted by atomic mass is 10.2. The Hall–Kier alpha value is -2.34. The third-order valence-electron chi connectivity index (χ3n) is 3.13. The van der Waals surface area contributed by atoms with Crippen molar-refractivity contribution in [1.82, 2.24) is 4.98 Å². The number of nitrogens with zero attached hydrogens (tertiary/aromatic N) is 1. The number of hydrogen-bond acceptors (Lipinski definition) is 6. The first-order chi connectivity index (χ1) is 10.5. The minimum absolute atomic E-state index is 0.323. The fourth-order valence-electron chi connectivity index (χ4n) is 2.16. The van der Waals surface area contributed by atoms with Crippen LogP contribution in [0, 0.1) is 13.8 Å². The van der Waals surface area contributed by atoms with Crippen molar-refractivity contribution in [3.63, 3.8) is 0 Å². The van der Waals surface area contributed by atoms with E-state index < -0.39 is 0 Å². The van der Waals surface area contributed by atoms with Crippen molar-refractivity contribution in [3.8, 4) is 11.5 Å². The quantitative estimate of drug-likeness (QED) is 0.680. The number of carbonyl (C=O) groups excluding carboxylic acids is 1. The van der Waals surface area contributed by atoms with Gasteiger partial charge in [-0.1, -0.05) is 0 Å². The summed E-state index contributed by atoms with van der Waals surface area (Å²) in [5, 5.41) is 2.72. The van der Waals surface area contributed by atoms with E-state index in [1.807, 2.05) is 37.4 Å². The summed E-state index contributed by atoms with van der Waals surface area (Å²) in [7, 11) is 0. The summed E-state index contributed by atoms with van der Waals surface area (Å²) >= 11 is 1.51. The van der Waals surface area contributed by atoms with E-state index in [0.29, 0.717) is 18.2 Å². The molecule has 1 aromatic carbocycles. The monoisotopic (exact) mass is 317 g/mol. The van der Waals surface area contributed by atoms with Crippen LogP contribution in [0.1, 0.15) is 24.3 Å². The Bertz CT molecular complexity index is 834. The van der Waals surface area contributed by atoms with Gasteiger partial charge < -0.3 is 13.9 Å². The first-order valence-electron chi connectivity index (χ1n) is 6.78. The Labute approximate surface area is 131 Å². The zero-order valence-electron chi connectivity index (χ0n) is 12.5. The Balaban J connectivity index is 1.78. The van der Waals surface area contributed by atoms with E-state index in [-0.39, 0.29) is 5.97 Å². The van der Waals surface area contributed by atoms with Crippen molar-refractivity contribution < 1.29 is 18.7 Å². The van der Waals surface area contributed by atoms with Crippen LogP contribution in [0.2, 0.25) is 0 Å². The van der Waals surface area contributed by atoms with Crippen LogP contribution in [0.25, 0.3) is 10.1 Å². The van der Waals surface area contributed by atoms with E-state index in [0.717, 1.165) is 27.3 Å². The fraction of sp³-hybridized carbons (Fsp3) is 0.250. The van der Waals surface area contributed by atoms with Crippen molar-refractivity contribution in [3.05, 3.63) is 40.9 Å². The third-order valence-corrected chi connectivity index (χ3v) is 4.06. The van der Waals surface area contributed by atoms with Crippen LogP contribution in [-0.2, 0) is 11.4 Å². The van der Waals surface area contributed by atoms with Crippen LogP contribution < -0.4 is 9.47 Å². The Morgan fingerprint density at radius 2 is 2.18 bits per heavy atom. The maximum absolute atomic E-state index is 11.1. The standard InChI is InChI=1S/C16H15NO4S/c1-9-14(20-10(2)17-9)7-19-12-4-5-13-15(21-11(3)18)8-22-16(13)6-12/h4-6,8H,7H2,1-3H3. The molecule has 22 heavy (non-hydrogen) atoms. The van der Waals surface area contributed by atoms with Crippen LogP contribution in [-0.4, -0.2) is 11.0 Å². The Morgan fingerprint density at radius 1 is 1.36 bits per heavy atom. The van der Waals surface area contributed by atoms with E-state index in [2.05, 4.69) is 4.98 Å². The highest BCUT2D eigenvalue weighted by Crippen LogP contribution is 2.35. The van der Waals surface area contributed by atoms with E-state index in [1.54, 1.807) is 0 Å². The molecular formula is C16H15NO4S. The Morgan fingerprint density at radius 3 is 2.86 bits per heavy atom. The van der Waals surface area contributed by atoms with Crippen molar-refractivity contribution in [2.24, 2.45) is 0 Å². The van der Waals surface area contributed by atoms with Crippen molar-refractivity contribution in [2.45, 2.75) is 27.4 Å². The van der Waals surface area contributed by atoms with E-state index in [4.69, 9.17) is 13.9 Å². The number of oxazole rings is 1. The van der Waals surface area contributed by atoms with Gasteiger partial charge in [0, 0.05) is 29.3 Å². The maximum Gasteiger partial charge on any atom is 0.308 e. The normalized spacial score (nSPS) is 10.9. The summed E-state index contributed by atoms with van der Waals surface area (Å²) in [5.74, 6) is 2.36. The Kier molecular flexibility index (Phi) is 3.85. The average Bonchev–Trinajstić information content (AvgIpc) is 2.99. The number of esters is 1. The molecule has 0 unspecified atom stereocenters. The van der Waals surface area contributed by atoms with E-state index in [1.165, 1.54) is 18.3 Å². The largest absolute Gasteiger partial charge is 0.486 e. The lowest BCUT2D eigenvalue weighted by Gasteiger charge is -2.05. The molecule has 0 N–H and O–H groups in total. The average molecular weight is 317 g/mol. The number of ether oxygens (including phenoxy) is 2. The first-order valence-corrected chi connectivity index (χ1v) is 7.66. The second kappa shape index (κ2) is 5.81. The van der Waals surface area contributed by atoms with Gasteiger partial charge in [-0.2, -0.15) is 0 Å². The molecule has 5 nitrogen and oxygen atoms in total. The fourth-order valence-corrected chi connectivity index (χ4v) is 3.05. The summed E-state index contributed by atoms with van der Waals surface area (Å²) in [6.07, 6.45) is 0. The van der Waals surface area contributed by atoms with Gasteiger partial charge in [-0.3, -0.25) is 4.79 Å². The molecule has 0 atom stereocenters. The molecule has 0 saturated heterocycles. The number of benzene rings is 1. The van der Waals surface area contributed by atoms with Gasteiger partial charge in [0.15, 0.2) is 11.7 Å². The molecule has 2 aromatic heterocycles. The number of rotatable bonds is 4. The third kappa shape index (κ3) is 2.96. The van der Waals surface area contributed by atoms with Gasteiger partial charge in [-0.05, 0) is 25.1 Å². The van der Waals surface area contributed by atoms with Gasteiger partial charge in [0.2, 0.25) is 0 Å². The molecule has 3 rings (SSSR count). The number of hydrogen-bond donors (Lipinski definition) is 0. The molecule has 0 saturated carbocycles. The minimum atomic E-state index is -0.323. The van der Waals surface area contributed by atoms with Gasteiger partial charge in [0.1, 0.15) is 18.1 Å². The molecule has 114 valence electrons. The first kappa shape index (κ1) is 14.6. The van der Waals surface area contributed by atoms with Crippen LogP contribution in [0.4, 0.5) is 0 Å². The van der Waals surface area contributed by atoms with Crippen molar-refractivity contribution >= 4 is 27.4 Å². The molecule has 3 aromatic rings. The molecule has 0 spiro atoms. The van der Waals surface area contributed by atoms with Crippen LogP contribution in [0.15, 0.2) is 28.0 Å². The molecule has 2 heterocycles. The highest BCUT2D eigenvalue weighted by atomic mass is 32.1. The summed E-state index contributed by atoms with van der Waals surface area (Å²) < 4.78 is 17.4. The van der Waals surface area contributed by atoms with Gasteiger partial charge in [0.25, 0.3) is 0 Å². The minimum Gasteiger partial charge on any atom is -0.486 e. The lowest BCUT2D eigenvalue weighted by Crippen LogP contribution is -2.00. The van der Waals surface area contributed by atoms with Crippen LogP contribution >= 0.6 is 11.3 Å². The SMILES string of the molecule is CC(=O)Oc1csc2cc(OCc3oc(C)nc3C)ccc12. The lowest BCUT2D eigenvalue weighted by molar-refractivity contribution is -0.131. The number of thiophene rings is 1. The van der Waals surface area contributed by atoms with Crippen molar-refractivity contribution in [1.29, 1.82) is 0 Å². The van der Waals surface area contributed by atoms with Crippen molar-refractivity contribution in [2.75, 3.05) is 0 Å². The molecule has 0 aliphatic rings. The molecule has 0 fully saturated rings. The highest BCUT2D eigenvalue weighted by Gasteiger charge is 2.10. The van der Waals surface area contributed by atoms with E-state index in [9.17, 15) is 4.79 Å². The predicted octanol–water partition coefficient (Wildman–Crippen LogP) is 4.01. The van der Waals surface area contributed by atoms with Gasteiger partial charge in [0.05, 0.1) is 5.69 Å². The highest BCUT2D eigenvalue weighted by molar-refractivity contribution is 7.17. The zero-order valence-corrected chi connectivity index (χ0v) is 13.3.